The van der Waals surface area contributed by atoms with Crippen LogP contribution in [0.5, 0.6) is 5.75 Å². The number of nitrogens with zero attached hydrogens (tertiary/aromatic N) is 2. The predicted octanol–water partition coefficient (Wildman–Crippen LogP) is 7.15. The first-order valence-corrected chi connectivity index (χ1v) is 13.2. The highest BCUT2D eigenvalue weighted by Crippen LogP contribution is 2.47. The van der Waals surface area contributed by atoms with Gasteiger partial charge in [-0.2, -0.15) is 5.26 Å². The van der Waals surface area contributed by atoms with Gasteiger partial charge in [0.05, 0.1) is 22.6 Å². The number of benzene rings is 3. The van der Waals surface area contributed by atoms with E-state index in [0.717, 1.165) is 52.0 Å². The number of carbonyl (C=O) groups excluding carboxylic acids is 1. The first kappa shape index (κ1) is 25.6. The molecule has 0 radical (unpaired) electrons. The fourth-order valence-corrected chi connectivity index (χ4v) is 5.75. The maximum Gasteiger partial charge on any atom is 0.161 e. The van der Waals surface area contributed by atoms with Crippen molar-refractivity contribution in [3.8, 4) is 11.8 Å². The molecular formula is C32H30ClN3O2. The summed E-state index contributed by atoms with van der Waals surface area (Å²) in [5, 5.41) is 10.9. The van der Waals surface area contributed by atoms with E-state index in [1.54, 1.807) is 6.07 Å². The van der Waals surface area contributed by atoms with E-state index in [2.05, 4.69) is 18.2 Å². The van der Waals surface area contributed by atoms with Crippen molar-refractivity contribution in [2.45, 2.75) is 52.6 Å². The van der Waals surface area contributed by atoms with Gasteiger partial charge in [-0.3, -0.25) is 9.69 Å². The summed E-state index contributed by atoms with van der Waals surface area (Å²) in [5.41, 5.74) is 14.6. The van der Waals surface area contributed by atoms with Gasteiger partial charge in [-0.1, -0.05) is 48.0 Å². The summed E-state index contributed by atoms with van der Waals surface area (Å²) in [6, 6.07) is 21.9. The first-order valence-electron chi connectivity index (χ1n) is 12.8. The normalized spacial score (nSPS) is 17.4. The van der Waals surface area contributed by atoms with E-state index in [-0.39, 0.29) is 5.78 Å². The molecule has 0 spiro atoms. The summed E-state index contributed by atoms with van der Waals surface area (Å²) in [5.74, 6) is 0.536. The molecular weight excluding hydrogens is 494 g/mol. The zero-order valence-corrected chi connectivity index (χ0v) is 22.6. The molecule has 38 heavy (non-hydrogen) atoms. The van der Waals surface area contributed by atoms with Crippen molar-refractivity contribution < 1.29 is 9.53 Å². The Bertz CT molecular complexity index is 1550. The first-order chi connectivity index (χ1) is 18.3. The number of ketones is 1. The fraction of sp³-hybridized carbons (Fsp3) is 0.250. The van der Waals surface area contributed by atoms with E-state index in [0.29, 0.717) is 40.8 Å². The molecule has 0 saturated carbocycles. The highest BCUT2D eigenvalue weighted by atomic mass is 35.5. The topological polar surface area (TPSA) is 79.3 Å². The van der Waals surface area contributed by atoms with Crippen LogP contribution in [0.2, 0.25) is 5.02 Å². The van der Waals surface area contributed by atoms with Crippen LogP contribution in [0.1, 0.15) is 53.0 Å². The maximum atomic E-state index is 13.5. The smallest absolute Gasteiger partial charge is 0.161 e. The number of para-hydroxylation sites is 1. The van der Waals surface area contributed by atoms with Gasteiger partial charge in [0, 0.05) is 23.4 Å². The lowest BCUT2D eigenvalue weighted by Crippen LogP contribution is -2.39. The Balaban J connectivity index is 1.64. The fourth-order valence-electron chi connectivity index (χ4n) is 5.56. The summed E-state index contributed by atoms with van der Waals surface area (Å²) >= 11 is 6.30. The van der Waals surface area contributed by atoms with Gasteiger partial charge < -0.3 is 10.5 Å². The molecule has 192 valence electrons. The van der Waals surface area contributed by atoms with Gasteiger partial charge in [0.25, 0.3) is 0 Å². The Labute approximate surface area is 228 Å². The molecule has 1 unspecified atom stereocenters. The van der Waals surface area contributed by atoms with Gasteiger partial charge in [-0.25, -0.2) is 0 Å². The molecule has 1 aliphatic carbocycles. The quantitative estimate of drug-likeness (QED) is 0.384. The maximum absolute atomic E-state index is 13.5. The zero-order chi connectivity index (χ0) is 27.0. The number of hydrogen-bond donors (Lipinski definition) is 1. The van der Waals surface area contributed by atoms with E-state index in [1.165, 1.54) is 0 Å². The van der Waals surface area contributed by atoms with E-state index < -0.39 is 5.92 Å². The second-order valence-corrected chi connectivity index (χ2v) is 10.4. The number of anilines is 1. The second-order valence-electron chi connectivity index (χ2n) is 10.0. The third kappa shape index (κ3) is 4.57. The molecule has 6 heteroatoms. The number of carbonyl (C=O) groups is 1. The molecule has 0 saturated heterocycles. The average molecular weight is 524 g/mol. The van der Waals surface area contributed by atoms with Crippen molar-refractivity contribution in [3.05, 3.63) is 116 Å². The van der Waals surface area contributed by atoms with Crippen molar-refractivity contribution >= 4 is 23.1 Å². The summed E-state index contributed by atoms with van der Waals surface area (Å²) in [4.78, 5) is 15.5. The van der Waals surface area contributed by atoms with Crippen LogP contribution in [0, 0.1) is 32.1 Å². The number of aryl methyl sites for hydroxylation is 3. The molecule has 0 fully saturated rings. The molecule has 0 aromatic heterocycles. The molecule has 5 nitrogen and oxygen atoms in total. The summed E-state index contributed by atoms with van der Waals surface area (Å²) in [7, 11) is 0. The van der Waals surface area contributed by atoms with Crippen LogP contribution >= 0.6 is 11.6 Å². The summed E-state index contributed by atoms with van der Waals surface area (Å²) in [6.45, 7) is 6.39. The van der Waals surface area contributed by atoms with E-state index in [9.17, 15) is 10.1 Å². The van der Waals surface area contributed by atoms with Crippen molar-refractivity contribution in [2.24, 2.45) is 5.73 Å². The summed E-state index contributed by atoms with van der Waals surface area (Å²) < 4.78 is 6.05. The molecule has 1 aliphatic heterocycles. The van der Waals surface area contributed by atoms with Gasteiger partial charge in [0.15, 0.2) is 5.78 Å². The predicted molar refractivity (Wildman–Crippen MR) is 151 cm³/mol. The highest BCUT2D eigenvalue weighted by Gasteiger charge is 2.41. The minimum absolute atomic E-state index is 0.0722. The second kappa shape index (κ2) is 10.4. The number of ether oxygens (including phenoxy) is 1. The summed E-state index contributed by atoms with van der Waals surface area (Å²) in [6.07, 6.45) is 1.94. The van der Waals surface area contributed by atoms with Crippen molar-refractivity contribution in [1.29, 1.82) is 5.26 Å². The molecule has 1 heterocycles. The molecule has 5 rings (SSSR count). The van der Waals surface area contributed by atoms with E-state index in [1.807, 2.05) is 68.1 Å². The largest absolute Gasteiger partial charge is 0.487 e. The zero-order valence-electron chi connectivity index (χ0n) is 21.8. The van der Waals surface area contributed by atoms with Crippen LogP contribution in [0.25, 0.3) is 0 Å². The number of Topliss-reactive ketones (excluding diaryl/α,β-unsaturated/α-hetero) is 1. The van der Waals surface area contributed by atoms with Crippen LogP contribution in [-0.2, 0) is 11.4 Å². The number of hydrogen-bond acceptors (Lipinski definition) is 5. The number of allylic oxidation sites excluding steroid dienone is 3. The molecule has 3 aromatic carbocycles. The minimum Gasteiger partial charge on any atom is -0.487 e. The van der Waals surface area contributed by atoms with Crippen LogP contribution in [0.3, 0.4) is 0 Å². The molecule has 2 N–H and O–H groups in total. The number of rotatable bonds is 5. The lowest BCUT2D eigenvalue weighted by Gasteiger charge is -2.40. The van der Waals surface area contributed by atoms with Crippen LogP contribution in [-0.4, -0.2) is 5.78 Å². The van der Waals surface area contributed by atoms with Crippen LogP contribution < -0.4 is 15.4 Å². The monoisotopic (exact) mass is 523 g/mol. The highest BCUT2D eigenvalue weighted by molar-refractivity contribution is 6.32. The Morgan fingerprint density at radius 3 is 2.58 bits per heavy atom. The van der Waals surface area contributed by atoms with Crippen molar-refractivity contribution in [3.63, 3.8) is 0 Å². The molecule has 2 aliphatic rings. The van der Waals surface area contributed by atoms with Gasteiger partial charge in [-0.05, 0) is 85.7 Å². The van der Waals surface area contributed by atoms with Gasteiger partial charge >= 0.3 is 0 Å². The Kier molecular flexibility index (Phi) is 7.01. The Morgan fingerprint density at radius 1 is 1.05 bits per heavy atom. The number of halogens is 1. The van der Waals surface area contributed by atoms with Gasteiger partial charge in [-0.15, -0.1) is 0 Å². The Morgan fingerprint density at radius 2 is 1.84 bits per heavy atom. The van der Waals surface area contributed by atoms with Crippen LogP contribution in [0.15, 0.2) is 83.3 Å². The standard InChI is InChI=1S/C32H30ClN3O2/c1-19-8-6-9-23(14-19)36-27-11-7-12-28(37)31(27)30(25(17-34)32(36)35)24-16-22(20(2)15-21(24)3)18-38-29-13-5-4-10-26(29)33/h4-6,8-10,13-16,30H,7,11-12,18,35H2,1-3H3. The van der Waals surface area contributed by atoms with Crippen molar-refractivity contribution in [2.75, 3.05) is 4.90 Å². The van der Waals surface area contributed by atoms with Crippen molar-refractivity contribution in [1.82, 2.24) is 0 Å². The minimum atomic E-state index is -0.525. The number of nitrogens with two attached hydrogens (primary N) is 1. The van der Waals surface area contributed by atoms with E-state index >= 15 is 0 Å². The molecule has 1 atom stereocenters. The molecule has 0 amide bonds. The Hall–Kier alpha value is -4.01. The lowest BCUT2D eigenvalue weighted by atomic mass is 9.74. The van der Waals surface area contributed by atoms with Crippen LogP contribution in [0.4, 0.5) is 5.69 Å². The third-order valence-corrected chi connectivity index (χ3v) is 7.74. The third-order valence-electron chi connectivity index (χ3n) is 7.43. The SMILES string of the molecule is Cc1cccc(N2C(N)=C(C#N)C(c3cc(COc4ccccc4Cl)c(C)cc3C)C3=C2CCCC3=O)c1. The van der Waals surface area contributed by atoms with Gasteiger partial charge in [0.2, 0.25) is 0 Å². The molecule has 3 aromatic rings. The van der Waals surface area contributed by atoms with E-state index in [4.69, 9.17) is 22.1 Å². The average Bonchev–Trinajstić information content (AvgIpc) is 2.89. The lowest BCUT2D eigenvalue weighted by molar-refractivity contribution is -0.116. The molecule has 0 bridgehead atoms. The number of nitriles is 1. The van der Waals surface area contributed by atoms with Gasteiger partial charge in [0.1, 0.15) is 18.2 Å².